The molecule has 264 valence electrons. The average Bonchev–Trinajstić information content (AvgIpc) is 3.52. The van der Waals surface area contributed by atoms with Crippen LogP contribution >= 0.6 is 0 Å². The number of hydrogen-bond donors (Lipinski definition) is 1. The molecular weight excluding hydrogens is 691 g/mol. The standard InChI is InChI=1S/C36H37N7O6S2/c1-48-20-21-49-32-19-10-16-29(22-32)38-36-39-34(41(24-27-12-6-4-7-13-27)25-28-14-8-5-9-15-28)33-35(40-36)42(26-37-33)30-17-11-18-31(23-30)43(50(2,44)45)51(3,46)47/h4-19,22-23,26H,20-21,24-25H2,1-3H3,(H,38,39,40). The molecule has 2 aromatic heterocycles. The molecule has 0 bridgehead atoms. The van der Waals surface area contributed by atoms with E-state index in [0.29, 0.717) is 64.1 Å². The van der Waals surface area contributed by atoms with Gasteiger partial charge in [-0.05, 0) is 41.5 Å². The molecule has 0 atom stereocenters. The smallest absolute Gasteiger partial charge is 0.245 e. The summed E-state index contributed by atoms with van der Waals surface area (Å²) in [5.74, 6) is 1.45. The van der Waals surface area contributed by atoms with Crippen LogP contribution in [0.1, 0.15) is 11.1 Å². The van der Waals surface area contributed by atoms with E-state index < -0.39 is 20.0 Å². The highest BCUT2D eigenvalue weighted by atomic mass is 32.3. The molecule has 6 rings (SSSR count). The van der Waals surface area contributed by atoms with Crippen LogP contribution in [0.25, 0.3) is 16.9 Å². The minimum atomic E-state index is -4.17. The number of hydrogen-bond acceptors (Lipinski definition) is 11. The highest BCUT2D eigenvalue weighted by Crippen LogP contribution is 2.32. The van der Waals surface area contributed by atoms with Crippen molar-refractivity contribution in [1.29, 1.82) is 0 Å². The Morgan fingerprint density at radius 1 is 0.745 bits per heavy atom. The van der Waals surface area contributed by atoms with Gasteiger partial charge < -0.3 is 19.7 Å². The molecule has 0 aliphatic rings. The molecule has 51 heavy (non-hydrogen) atoms. The number of nitrogens with one attached hydrogen (secondary N) is 1. The first-order valence-corrected chi connectivity index (χ1v) is 19.6. The number of ether oxygens (including phenoxy) is 2. The van der Waals surface area contributed by atoms with Crippen LogP contribution in [0.5, 0.6) is 5.75 Å². The van der Waals surface area contributed by atoms with Gasteiger partial charge in [0.1, 0.15) is 18.7 Å². The normalized spacial score (nSPS) is 11.7. The van der Waals surface area contributed by atoms with Gasteiger partial charge in [0.05, 0.1) is 30.5 Å². The van der Waals surface area contributed by atoms with E-state index in [-0.39, 0.29) is 11.6 Å². The van der Waals surface area contributed by atoms with Gasteiger partial charge in [-0.15, -0.1) is 0 Å². The Kier molecular flexibility index (Phi) is 10.5. The van der Waals surface area contributed by atoms with Crippen molar-refractivity contribution >= 4 is 54.4 Å². The van der Waals surface area contributed by atoms with Crippen molar-refractivity contribution < 1.29 is 26.3 Å². The Hall–Kier alpha value is -5.51. The van der Waals surface area contributed by atoms with Gasteiger partial charge in [0.2, 0.25) is 26.0 Å². The third-order valence-electron chi connectivity index (χ3n) is 7.68. The first-order chi connectivity index (χ1) is 24.5. The van der Waals surface area contributed by atoms with Crippen LogP contribution in [-0.2, 0) is 37.9 Å². The number of sulfonamides is 2. The number of rotatable bonds is 15. The summed E-state index contributed by atoms with van der Waals surface area (Å²) >= 11 is 0. The van der Waals surface area contributed by atoms with Crippen LogP contribution < -0.4 is 18.7 Å². The maximum atomic E-state index is 12.6. The van der Waals surface area contributed by atoms with Gasteiger partial charge in [0.25, 0.3) is 0 Å². The second kappa shape index (κ2) is 15.2. The Balaban J connectivity index is 1.50. The van der Waals surface area contributed by atoms with Gasteiger partial charge in [0, 0.05) is 32.0 Å². The molecule has 2 heterocycles. The molecule has 4 aromatic carbocycles. The Labute approximate surface area is 297 Å². The van der Waals surface area contributed by atoms with E-state index in [1.54, 1.807) is 30.1 Å². The van der Waals surface area contributed by atoms with E-state index in [2.05, 4.69) is 10.2 Å². The lowest BCUT2D eigenvalue weighted by Gasteiger charge is -2.25. The van der Waals surface area contributed by atoms with E-state index in [4.69, 9.17) is 24.4 Å². The number of nitrogens with zero attached hydrogens (tertiary/aromatic N) is 6. The summed E-state index contributed by atoms with van der Waals surface area (Å²) in [6.07, 6.45) is 3.25. The monoisotopic (exact) mass is 727 g/mol. The van der Waals surface area contributed by atoms with Crippen LogP contribution in [-0.4, -0.2) is 69.2 Å². The van der Waals surface area contributed by atoms with Crippen molar-refractivity contribution in [3.8, 4) is 11.4 Å². The summed E-state index contributed by atoms with van der Waals surface area (Å²) in [5.41, 5.74) is 4.08. The highest BCUT2D eigenvalue weighted by Gasteiger charge is 2.28. The van der Waals surface area contributed by atoms with E-state index >= 15 is 0 Å². The van der Waals surface area contributed by atoms with Crippen molar-refractivity contribution in [3.63, 3.8) is 0 Å². The van der Waals surface area contributed by atoms with E-state index in [1.165, 1.54) is 12.1 Å². The van der Waals surface area contributed by atoms with Crippen molar-refractivity contribution in [2.24, 2.45) is 0 Å². The zero-order chi connectivity index (χ0) is 36.0. The minimum Gasteiger partial charge on any atom is -0.491 e. The lowest BCUT2D eigenvalue weighted by atomic mass is 10.1. The summed E-state index contributed by atoms with van der Waals surface area (Å²) in [5, 5.41) is 3.32. The summed E-state index contributed by atoms with van der Waals surface area (Å²) in [4.78, 5) is 16.8. The fourth-order valence-electron chi connectivity index (χ4n) is 5.58. The van der Waals surface area contributed by atoms with Crippen molar-refractivity contribution in [2.45, 2.75) is 13.1 Å². The zero-order valence-electron chi connectivity index (χ0n) is 28.2. The van der Waals surface area contributed by atoms with Crippen molar-refractivity contribution in [1.82, 2.24) is 19.5 Å². The van der Waals surface area contributed by atoms with Crippen LogP contribution in [0.3, 0.4) is 0 Å². The SMILES string of the molecule is COCCOc1cccc(Nc2nc(N(Cc3ccccc3)Cc3ccccc3)c3ncn(-c4cccc(N(S(C)(=O)=O)S(C)(=O)=O)c4)c3n2)c1. The molecule has 0 saturated carbocycles. The second-order valence-corrected chi connectivity index (χ2v) is 15.6. The molecule has 15 heteroatoms. The number of methoxy groups -OCH3 is 1. The molecule has 0 radical (unpaired) electrons. The van der Waals surface area contributed by atoms with E-state index in [1.807, 2.05) is 84.9 Å². The zero-order valence-corrected chi connectivity index (χ0v) is 29.9. The molecule has 13 nitrogen and oxygen atoms in total. The predicted molar refractivity (Wildman–Crippen MR) is 199 cm³/mol. The number of aromatic nitrogens is 4. The summed E-state index contributed by atoms with van der Waals surface area (Å²) < 4.78 is 63.4. The van der Waals surface area contributed by atoms with Gasteiger partial charge in [-0.1, -0.05) is 72.8 Å². The molecule has 0 unspecified atom stereocenters. The number of benzene rings is 4. The van der Waals surface area contributed by atoms with E-state index in [9.17, 15) is 16.8 Å². The van der Waals surface area contributed by atoms with Gasteiger partial charge in [0.15, 0.2) is 17.0 Å². The van der Waals surface area contributed by atoms with Gasteiger partial charge >= 0.3 is 0 Å². The van der Waals surface area contributed by atoms with Crippen molar-refractivity contribution in [2.75, 3.05) is 46.8 Å². The van der Waals surface area contributed by atoms with Gasteiger partial charge in [-0.25, -0.2) is 21.8 Å². The third-order valence-corrected chi connectivity index (χ3v) is 10.9. The Morgan fingerprint density at radius 3 is 2.02 bits per heavy atom. The molecular formula is C36H37N7O6S2. The molecule has 0 aliphatic heterocycles. The quantitative estimate of drug-likeness (QED) is 0.133. The van der Waals surface area contributed by atoms with Crippen molar-refractivity contribution in [3.05, 3.63) is 127 Å². The molecule has 0 saturated heterocycles. The van der Waals surface area contributed by atoms with E-state index in [0.717, 1.165) is 23.6 Å². The Morgan fingerprint density at radius 2 is 1.39 bits per heavy atom. The fourth-order valence-corrected chi connectivity index (χ4v) is 8.55. The predicted octanol–water partition coefficient (Wildman–Crippen LogP) is 5.52. The fraction of sp³-hybridized carbons (Fsp3) is 0.194. The summed E-state index contributed by atoms with van der Waals surface area (Å²) in [6.45, 7) is 1.83. The maximum Gasteiger partial charge on any atom is 0.245 e. The van der Waals surface area contributed by atoms with Crippen LogP contribution in [0.4, 0.5) is 23.1 Å². The van der Waals surface area contributed by atoms with Crippen LogP contribution in [0, 0.1) is 0 Å². The lowest BCUT2D eigenvalue weighted by Crippen LogP contribution is -2.35. The van der Waals surface area contributed by atoms with Gasteiger partial charge in [-0.3, -0.25) is 4.57 Å². The number of imidazole rings is 1. The van der Waals surface area contributed by atoms with Gasteiger partial charge in [-0.2, -0.15) is 13.7 Å². The molecule has 0 fully saturated rings. The molecule has 1 N–H and O–H groups in total. The largest absolute Gasteiger partial charge is 0.491 e. The Bertz CT molecular complexity index is 2270. The van der Waals surface area contributed by atoms with Crippen LogP contribution in [0.15, 0.2) is 116 Å². The topological polar surface area (TPSA) is 149 Å². The summed E-state index contributed by atoms with van der Waals surface area (Å²) in [6, 6.07) is 33.6. The first-order valence-electron chi connectivity index (χ1n) is 15.9. The highest BCUT2D eigenvalue weighted by molar-refractivity contribution is 8.09. The number of fused-ring (bicyclic) bond motifs is 1. The molecule has 0 spiro atoms. The molecule has 6 aromatic rings. The molecule has 0 aliphatic carbocycles. The second-order valence-electron chi connectivity index (χ2n) is 11.7. The third kappa shape index (κ3) is 8.63. The minimum absolute atomic E-state index is 0.0490. The lowest BCUT2D eigenvalue weighted by molar-refractivity contribution is 0.146. The van der Waals surface area contributed by atoms with Crippen LogP contribution in [0.2, 0.25) is 0 Å². The average molecular weight is 728 g/mol. The maximum absolute atomic E-state index is 12.6. The first kappa shape index (κ1) is 35.3. The number of anilines is 4. The summed E-state index contributed by atoms with van der Waals surface area (Å²) in [7, 11) is -6.73. The molecule has 0 amide bonds.